The Balaban J connectivity index is 2.08. The van der Waals surface area contributed by atoms with Gasteiger partial charge in [-0.25, -0.2) is 0 Å². The third kappa shape index (κ3) is 3.68. The molecule has 0 saturated carbocycles. The van der Waals surface area contributed by atoms with Crippen LogP contribution in [-0.2, 0) is 11.3 Å². The van der Waals surface area contributed by atoms with Crippen LogP contribution in [0.5, 0.6) is 0 Å². The van der Waals surface area contributed by atoms with Crippen molar-refractivity contribution in [3.63, 3.8) is 0 Å². The molecule has 1 aromatic carbocycles. The Bertz CT molecular complexity index is 659. The van der Waals surface area contributed by atoms with Crippen LogP contribution in [0.3, 0.4) is 0 Å². The Morgan fingerprint density at radius 1 is 1.14 bits per heavy atom. The first-order valence-electron chi connectivity index (χ1n) is 6.72. The van der Waals surface area contributed by atoms with E-state index in [1.54, 1.807) is 42.1 Å². The molecule has 2 amide bonds. The Hall–Kier alpha value is -2.63. The molecule has 0 unspecified atom stereocenters. The molecule has 0 saturated heterocycles. The first-order chi connectivity index (χ1) is 9.99. The lowest BCUT2D eigenvalue weighted by molar-refractivity contribution is -0.114. The normalized spacial score (nSPS) is 10.2. The molecule has 2 aromatic rings. The maximum absolute atomic E-state index is 12.2. The Morgan fingerprint density at radius 2 is 1.71 bits per heavy atom. The number of aryl methyl sites for hydroxylation is 2. The van der Waals surface area contributed by atoms with Gasteiger partial charge in [0.1, 0.15) is 0 Å². The van der Waals surface area contributed by atoms with E-state index in [9.17, 15) is 9.59 Å². The predicted octanol–water partition coefficient (Wildman–Crippen LogP) is 2.42. The van der Waals surface area contributed by atoms with Crippen molar-refractivity contribution in [1.29, 1.82) is 0 Å². The Morgan fingerprint density at radius 3 is 2.19 bits per heavy atom. The quantitative estimate of drug-likeness (QED) is 0.906. The first kappa shape index (κ1) is 14.8. The number of benzene rings is 1. The van der Waals surface area contributed by atoms with Crippen LogP contribution >= 0.6 is 0 Å². The third-order valence-corrected chi connectivity index (χ3v) is 2.98. The molecule has 110 valence electrons. The fraction of sp³-hybridized carbons (Fsp3) is 0.267. The molecule has 1 heterocycles. The molecule has 0 aliphatic heterocycles. The van der Waals surface area contributed by atoms with E-state index in [0.29, 0.717) is 22.6 Å². The van der Waals surface area contributed by atoms with Crippen molar-refractivity contribution in [1.82, 2.24) is 9.78 Å². The van der Waals surface area contributed by atoms with Gasteiger partial charge in [-0.2, -0.15) is 5.10 Å². The van der Waals surface area contributed by atoms with Crippen LogP contribution in [0.2, 0.25) is 0 Å². The summed E-state index contributed by atoms with van der Waals surface area (Å²) < 4.78 is 1.73. The van der Waals surface area contributed by atoms with Crippen molar-refractivity contribution in [3.05, 3.63) is 41.7 Å². The van der Waals surface area contributed by atoms with Crippen LogP contribution in [0.1, 0.15) is 29.9 Å². The van der Waals surface area contributed by atoms with Gasteiger partial charge in [0.25, 0.3) is 5.91 Å². The van der Waals surface area contributed by atoms with Gasteiger partial charge < -0.3 is 10.6 Å². The molecule has 0 atom stereocenters. The predicted molar refractivity (Wildman–Crippen MR) is 81.3 cm³/mol. The highest BCUT2D eigenvalue weighted by molar-refractivity contribution is 6.05. The highest BCUT2D eigenvalue weighted by Gasteiger charge is 2.13. The smallest absolute Gasteiger partial charge is 0.259 e. The van der Waals surface area contributed by atoms with Crippen molar-refractivity contribution in [3.8, 4) is 0 Å². The zero-order chi connectivity index (χ0) is 15.4. The average Bonchev–Trinajstić information content (AvgIpc) is 2.82. The van der Waals surface area contributed by atoms with Gasteiger partial charge in [0.05, 0.1) is 11.3 Å². The number of hydrogen-bond acceptors (Lipinski definition) is 3. The van der Waals surface area contributed by atoms with Gasteiger partial charge in [0.2, 0.25) is 5.91 Å². The van der Waals surface area contributed by atoms with E-state index >= 15 is 0 Å². The molecule has 0 aliphatic carbocycles. The first-order valence-corrected chi connectivity index (χ1v) is 6.72. The third-order valence-electron chi connectivity index (χ3n) is 2.98. The molecule has 0 aliphatic rings. The number of amides is 2. The molecule has 21 heavy (non-hydrogen) atoms. The second-order valence-electron chi connectivity index (χ2n) is 4.70. The molecule has 2 rings (SSSR count). The molecule has 0 bridgehead atoms. The minimum atomic E-state index is -0.195. The van der Waals surface area contributed by atoms with Crippen molar-refractivity contribution in [2.75, 3.05) is 10.6 Å². The second-order valence-corrected chi connectivity index (χ2v) is 4.70. The lowest BCUT2D eigenvalue weighted by Gasteiger charge is -2.06. The number of rotatable bonds is 4. The highest BCUT2D eigenvalue weighted by Crippen LogP contribution is 2.15. The SMILES string of the molecule is CCn1cc(C(=O)Nc2ccc(NC(C)=O)cc2)c(C)n1. The summed E-state index contributed by atoms with van der Waals surface area (Å²) in [5.41, 5.74) is 2.61. The van der Waals surface area contributed by atoms with Crippen LogP contribution in [0.25, 0.3) is 0 Å². The van der Waals surface area contributed by atoms with Gasteiger partial charge in [-0.1, -0.05) is 0 Å². The fourth-order valence-corrected chi connectivity index (χ4v) is 1.94. The van der Waals surface area contributed by atoms with Crippen LogP contribution in [0, 0.1) is 6.92 Å². The Kier molecular flexibility index (Phi) is 4.37. The number of aromatic nitrogens is 2. The number of nitrogens with zero attached hydrogens (tertiary/aromatic N) is 2. The van der Waals surface area contributed by atoms with E-state index in [1.165, 1.54) is 6.92 Å². The maximum Gasteiger partial charge on any atom is 0.259 e. The molecular weight excluding hydrogens is 268 g/mol. The summed E-state index contributed by atoms with van der Waals surface area (Å²) in [5, 5.41) is 9.73. The van der Waals surface area contributed by atoms with E-state index < -0.39 is 0 Å². The average molecular weight is 286 g/mol. The minimum absolute atomic E-state index is 0.130. The van der Waals surface area contributed by atoms with Gasteiger partial charge in [0, 0.05) is 31.0 Å². The van der Waals surface area contributed by atoms with Gasteiger partial charge in [-0.3, -0.25) is 14.3 Å². The molecule has 6 heteroatoms. The molecular formula is C15H18N4O2. The van der Waals surface area contributed by atoms with Crippen LogP contribution in [0.15, 0.2) is 30.5 Å². The number of nitrogens with one attached hydrogen (secondary N) is 2. The van der Waals surface area contributed by atoms with Gasteiger partial charge >= 0.3 is 0 Å². The molecule has 2 N–H and O–H groups in total. The van der Waals surface area contributed by atoms with Crippen molar-refractivity contribution in [2.24, 2.45) is 0 Å². The lowest BCUT2D eigenvalue weighted by Crippen LogP contribution is -2.12. The van der Waals surface area contributed by atoms with Crippen LogP contribution < -0.4 is 10.6 Å². The summed E-state index contributed by atoms with van der Waals surface area (Å²) in [5.74, 6) is -0.325. The molecule has 0 fully saturated rings. The minimum Gasteiger partial charge on any atom is -0.326 e. The van der Waals surface area contributed by atoms with Crippen molar-refractivity contribution in [2.45, 2.75) is 27.3 Å². The summed E-state index contributed by atoms with van der Waals surface area (Å²) in [6.45, 7) is 5.94. The zero-order valence-corrected chi connectivity index (χ0v) is 12.3. The van der Waals surface area contributed by atoms with Gasteiger partial charge in [-0.15, -0.1) is 0 Å². The maximum atomic E-state index is 12.2. The topological polar surface area (TPSA) is 76.0 Å². The largest absolute Gasteiger partial charge is 0.326 e. The number of carbonyl (C=O) groups is 2. The van der Waals surface area contributed by atoms with E-state index in [4.69, 9.17) is 0 Å². The van der Waals surface area contributed by atoms with E-state index in [0.717, 1.165) is 6.54 Å². The van der Waals surface area contributed by atoms with E-state index in [2.05, 4.69) is 15.7 Å². The molecule has 6 nitrogen and oxygen atoms in total. The fourth-order valence-electron chi connectivity index (χ4n) is 1.94. The van der Waals surface area contributed by atoms with Gasteiger partial charge in [0.15, 0.2) is 0 Å². The summed E-state index contributed by atoms with van der Waals surface area (Å²) in [7, 11) is 0. The van der Waals surface area contributed by atoms with Crippen LogP contribution in [0.4, 0.5) is 11.4 Å². The highest BCUT2D eigenvalue weighted by atomic mass is 16.2. The lowest BCUT2D eigenvalue weighted by atomic mass is 10.2. The monoisotopic (exact) mass is 286 g/mol. The summed E-state index contributed by atoms with van der Waals surface area (Å²) in [6.07, 6.45) is 1.73. The molecule has 0 spiro atoms. The number of carbonyl (C=O) groups excluding carboxylic acids is 2. The Labute approximate surface area is 123 Å². The summed E-state index contributed by atoms with van der Waals surface area (Å²) >= 11 is 0. The zero-order valence-electron chi connectivity index (χ0n) is 12.3. The van der Waals surface area contributed by atoms with Gasteiger partial charge in [-0.05, 0) is 38.1 Å². The summed E-state index contributed by atoms with van der Waals surface area (Å²) in [6, 6.07) is 6.95. The summed E-state index contributed by atoms with van der Waals surface area (Å²) in [4.78, 5) is 23.1. The van der Waals surface area contributed by atoms with Crippen molar-refractivity contribution >= 4 is 23.2 Å². The van der Waals surface area contributed by atoms with E-state index in [1.807, 2.05) is 6.92 Å². The molecule has 1 aromatic heterocycles. The number of anilines is 2. The van der Waals surface area contributed by atoms with Crippen molar-refractivity contribution < 1.29 is 9.59 Å². The molecule has 0 radical (unpaired) electrons. The van der Waals surface area contributed by atoms with E-state index in [-0.39, 0.29) is 11.8 Å². The van der Waals surface area contributed by atoms with Crippen LogP contribution in [-0.4, -0.2) is 21.6 Å². The standard InChI is InChI=1S/C15H18N4O2/c1-4-19-9-14(10(2)18-19)15(21)17-13-7-5-12(6-8-13)16-11(3)20/h5-9H,4H2,1-3H3,(H,16,20)(H,17,21). The second kappa shape index (κ2) is 6.21. The number of hydrogen-bond donors (Lipinski definition) is 2.